The Balaban J connectivity index is 1.69. The Morgan fingerprint density at radius 1 is 1.21 bits per heavy atom. The van der Waals surface area contributed by atoms with Gasteiger partial charge < -0.3 is 16.0 Å². The fraction of sp³-hybridized carbons (Fsp3) is 0.542. The highest BCUT2D eigenvalue weighted by Gasteiger charge is 2.50. The Kier molecular flexibility index (Phi) is 7.44. The number of nitrogens with one attached hydrogen (secondary N) is 2. The second-order valence-electron chi connectivity index (χ2n) is 10.2. The number of H-pyrrole nitrogens is 1. The molecule has 1 fully saturated rings. The Morgan fingerprint density at radius 2 is 1.92 bits per heavy atom. The lowest BCUT2D eigenvalue weighted by Crippen LogP contribution is -2.34. The number of benzene rings is 1. The number of imidazole rings is 1. The van der Waals surface area contributed by atoms with Gasteiger partial charge in [-0.05, 0) is 48.0 Å². The summed E-state index contributed by atoms with van der Waals surface area (Å²) in [5, 5.41) is 9.95. The zero-order valence-corrected chi connectivity index (χ0v) is 20.6. The van der Waals surface area contributed by atoms with Crippen LogP contribution >= 0.6 is 0 Å². The van der Waals surface area contributed by atoms with Crippen LogP contribution in [0, 0.1) is 11.3 Å². The Morgan fingerprint density at radius 3 is 2.53 bits per heavy atom. The molecule has 0 aliphatic heterocycles. The van der Waals surface area contributed by atoms with Crippen LogP contribution in [0.2, 0.25) is 0 Å². The zero-order valence-electron chi connectivity index (χ0n) is 20.6. The van der Waals surface area contributed by atoms with Gasteiger partial charge in [0.2, 0.25) is 12.3 Å². The van der Waals surface area contributed by atoms with E-state index in [-0.39, 0.29) is 23.9 Å². The summed E-state index contributed by atoms with van der Waals surface area (Å²) in [6.07, 6.45) is -6.82. The molecule has 206 valence electrons. The van der Waals surface area contributed by atoms with Crippen molar-refractivity contribution in [1.82, 2.24) is 25.6 Å². The number of hydrogen-bond acceptors (Lipinski definition) is 6. The number of carbonyl (C=O) groups excluding carboxylic acids is 2. The van der Waals surface area contributed by atoms with Crippen LogP contribution in [0.4, 0.5) is 22.0 Å². The van der Waals surface area contributed by atoms with Gasteiger partial charge in [0.1, 0.15) is 11.5 Å². The van der Waals surface area contributed by atoms with Gasteiger partial charge >= 0.3 is 6.18 Å². The van der Waals surface area contributed by atoms with E-state index in [0.29, 0.717) is 16.6 Å². The van der Waals surface area contributed by atoms with Gasteiger partial charge in [0.05, 0.1) is 28.4 Å². The zero-order chi connectivity index (χ0) is 27.8. The Hall–Kier alpha value is -3.58. The van der Waals surface area contributed by atoms with E-state index in [1.165, 1.54) is 0 Å². The molecule has 1 aliphatic rings. The molecule has 2 atom stereocenters. The lowest BCUT2D eigenvalue weighted by molar-refractivity contribution is -0.214. The Labute approximate surface area is 213 Å². The number of halogens is 5. The molecule has 14 heteroatoms. The molecule has 2 heterocycles. The van der Waals surface area contributed by atoms with E-state index in [1.54, 1.807) is 18.2 Å². The molecular formula is C24H27F5N6O3. The largest absolute Gasteiger partial charge is 0.394 e. The first-order chi connectivity index (χ1) is 17.8. The number of nitrogens with two attached hydrogens (primary N) is 1. The van der Waals surface area contributed by atoms with Gasteiger partial charge in [-0.3, -0.25) is 9.59 Å². The highest BCUT2D eigenvalue weighted by Crippen LogP contribution is 2.46. The van der Waals surface area contributed by atoms with Crippen molar-refractivity contribution in [3.8, 4) is 0 Å². The van der Waals surface area contributed by atoms with Crippen molar-refractivity contribution in [2.45, 2.75) is 70.5 Å². The molecule has 0 unspecified atom stereocenters. The molecule has 1 aromatic carbocycles. The van der Waals surface area contributed by atoms with E-state index >= 15 is 0 Å². The number of alkyl halides is 5. The summed E-state index contributed by atoms with van der Waals surface area (Å²) in [5.74, 6) is -2.42. The number of aromatic nitrogens is 4. The first kappa shape index (κ1) is 27.5. The van der Waals surface area contributed by atoms with Crippen LogP contribution in [0.25, 0.3) is 11.0 Å². The van der Waals surface area contributed by atoms with E-state index in [4.69, 9.17) is 5.73 Å². The average Bonchev–Trinajstić information content (AvgIpc) is 3.37. The Bertz CT molecular complexity index is 1310. The summed E-state index contributed by atoms with van der Waals surface area (Å²) in [6.45, 7) is 2.05. The van der Waals surface area contributed by atoms with E-state index < -0.39 is 60.3 Å². The van der Waals surface area contributed by atoms with Crippen LogP contribution in [-0.2, 0) is 4.79 Å². The predicted octanol–water partition coefficient (Wildman–Crippen LogP) is 4.77. The van der Waals surface area contributed by atoms with Crippen molar-refractivity contribution in [2.75, 3.05) is 0 Å². The number of amides is 2. The molecule has 2 amide bonds. The van der Waals surface area contributed by atoms with Gasteiger partial charge in [-0.1, -0.05) is 25.1 Å². The normalized spacial score (nSPS) is 16.1. The third-order valence-electron chi connectivity index (χ3n) is 6.77. The molecule has 38 heavy (non-hydrogen) atoms. The maximum atomic E-state index is 13.8. The predicted molar refractivity (Wildman–Crippen MR) is 124 cm³/mol. The van der Waals surface area contributed by atoms with Gasteiger partial charge in [-0.2, -0.15) is 13.2 Å². The van der Waals surface area contributed by atoms with Crippen LogP contribution < -0.4 is 11.1 Å². The summed E-state index contributed by atoms with van der Waals surface area (Å²) < 4.78 is 71.0. The van der Waals surface area contributed by atoms with E-state index in [9.17, 15) is 31.5 Å². The molecule has 0 bridgehead atoms. The number of rotatable bonds is 11. The van der Waals surface area contributed by atoms with Crippen LogP contribution in [0.5, 0.6) is 0 Å². The van der Waals surface area contributed by atoms with Gasteiger partial charge in [-0.25, -0.2) is 18.4 Å². The minimum Gasteiger partial charge on any atom is -0.364 e. The first-order valence-corrected chi connectivity index (χ1v) is 12.0. The van der Waals surface area contributed by atoms with Gasteiger partial charge in [0.15, 0.2) is 5.69 Å². The summed E-state index contributed by atoms with van der Waals surface area (Å²) in [4.78, 5) is 31.6. The maximum absolute atomic E-state index is 13.8. The maximum Gasteiger partial charge on any atom is 0.394 e. The fourth-order valence-corrected chi connectivity index (χ4v) is 4.34. The second kappa shape index (κ2) is 10.3. The average molecular weight is 543 g/mol. The molecule has 4 rings (SSSR count). The molecule has 0 radical (unpaired) electrons. The van der Waals surface area contributed by atoms with Crippen LogP contribution in [0.1, 0.15) is 85.5 Å². The van der Waals surface area contributed by atoms with Crippen molar-refractivity contribution in [3.05, 3.63) is 41.0 Å². The number of aromatic amines is 1. The lowest BCUT2D eigenvalue weighted by Gasteiger charge is -2.30. The summed E-state index contributed by atoms with van der Waals surface area (Å²) >= 11 is 0. The first-order valence-electron chi connectivity index (χ1n) is 12.0. The summed E-state index contributed by atoms with van der Waals surface area (Å²) in [7, 11) is 0. The van der Waals surface area contributed by atoms with Crippen molar-refractivity contribution >= 4 is 22.8 Å². The topological polar surface area (TPSA) is 140 Å². The molecular weight excluding hydrogens is 515 g/mol. The van der Waals surface area contributed by atoms with E-state index in [1.807, 2.05) is 0 Å². The molecule has 4 N–H and O–H groups in total. The lowest BCUT2D eigenvalue weighted by atomic mass is 9.80. The molecule has 0 spiro atoms. The minimum atomic E-state index is -4.57. The molecule has 2 aromatic heterocycles. The minimum absolute atomic E-state index is 0.0941. The number of primary amides is 1. The van der Waals surface area contributed by atoms with Crippen LogP contribution in [0.15, 0.2) is 22.8 Å². The second-order valence-corrected chi connectivity index (χ2v) is 10.2. The van der Waals surface area contributed by atoms with Gasteiger partial charge in [-0.15, -0.1) is 0 Å². The number of fused-ring (bicyclic) bond motifs is 1. The number of nitrogens with zero attached hydrogens (tertiary/aromatic N) is 3. The van der Waals surface area contributed by atoms with Crippen LogP contribution in [0.3, 0.4) is 0 Å². The summed E-state index contributed by atoms with van der Waals surface area (Å²) in [5.41, 5.74) is 4.17. The van der Waals surface area contributed by atoms with Gasteiger partial charge in [0, 0.05) is 12.8 Å². The molecule has 1 aliphatic carbocycles. The monoisotopic (exact) mass is 542 g/mol. The van der Waals surface area contributed by atoms with Crippen LogP contribution in [-0.4, -0.2) is 44.7 Å². The highest BCUT2D eigenvalue weighted by molar-refractivity contribution is 5.92. The summed E-state index contributed by atoms with van der Waals surface area (Å²) in [6, 6.07) is 4.68. The number of carbonyl (C=O) groups is 2. The molecule has 3 aromatic rings. The molecule has 1 saturated carbocycles. The quantitative estimate of drug-likeness (QED) is 0.298. The standard InChI is InChI=1S/C24H27F5N6O3/c1-23(2,24(27,28)29)10-13(19-20(21(30)37)35-38-34-19)22-31-14-6-5-12(9-15(14)32-22)18(11-3-4-11)33-17(36)8-7-16(25)26/h5-6,9,11,13,16,18H,3-4,7-8,10H2,1-2H3,(H2,30,37)(H,31,32)(H,33,36)/t13-,18+/m0/s1. The third kappa shape index (κ3) is 5.94. The smallest absolute Gasteiger partial charge is 0.364 e. The molecule has 0 saturated heterocycles. The van der Waals surface area contributed by atoms with Crippen molar-refractivity contribution < 1.29 is 36.2 Å². The number of hydrogen-bond donors (Lipinski definition) is 3. The van der Waals surface area contributed by atoms with Crippen molar-refractivity contribution in [3.63, 3.8) is 0 Å². The SMILES string of the molecule is CC(C)(C[C@H](c1nc2ccc([C@H](NC(=O)CCC(F)F)C3CC3)cc2[nH]1)c1nonc1C(N)=O)C(F)(F)F. The van der Waals surface area contributed by atoms with Gasteiger partial charge in [0.25, 0.3) is 5.91 Å². The van der Waals surface area contributed by atoms with Crippen molar-refractivity contribution in [1.29, 1.82) is 0 Å². The van der Waals surface area contributed by atoms with Crippen molar-refractivity contribution in [2.24, 2.45) is 17.1 Å². The third-order valence-corrected chi connectivity index (χ3v) is 6.77. The highest BCUT2D eigenvalue weighted by atomic mass is 19.4. The van der Waals surface area contributed by atoms with E-state index in [2.05, 4.69) is 30.2 Å². The van der Waals surface area contributed by atoms with E-state index in [0.717, 1.165) is 26.7 Å². The fourth-order valence-electron chi connectivity index (χ4n) is 4.34. The molecule has 9 nitrogen and oxygen atoms in total.